The number of aryl methyl sites for hydroxylation is 1. The molecule has 1 aromatic carbocycles. The molecule has 0 spiro atoms. The summed E-state index contributed by atoms with van der Waals surface area (Å²) in [5.74, 6) is 0.704. The Labute approximate surface area is 109 Å². The first-order valence-corrected chi connectivity index (χ1v) is 6.31. The van der Waals surface area contributed by atoms with E-state index in [-0.39, 0.29) is 0 Å². The molecule has 0 fully saturated rings. The Morgan fingerprint density at radius 2 is 2.06 bits per heavy atom. The van der Waals surface area contributed by atoms with Gasteiger partial charge < -0.3 is 10.3 Å². The van der Waals surface area contributed by atoms with Crippen LogP contribution in [-0.4, -0.2) is 5.16 Å². The average Bonchev–Trinajstić information content (AvgIpc) is 2.64. The second-order valence-corrected chi connectivity index (χ2v) is 5.28. The van der Waals surface area contributed by atoms with Crippen molar-refractivity contribution < 1.29 is 4.52 Å². The minimum Gasteiger partial charge on any atom is -0.367 e. The summed E-state index contributed by atoms with van der Waals surface area (Å²) in [4.78, 5) is 0. The number of hydrogen-bond acceptors (Lipinski definition) is 3. The van der Waals surface area contributed by atoms with Crippen LogP contribution in [0.15, 0.2) is 27.2 Å². The Hall–Kier alpha value is -1.29. The van der Waals surface area contributed by atoms with Crippen LogP contribution in [0, 0.1) is 6.92 Å². The maximum atomic E-state index is 5.81. The Bertz CT molecular complexity index is 546. The van der Waals surface area contributed by atoms with Gasteiger partial charge in [0.05, 0.1) is 0 Å². The molecule has 0 saturated carbocycles. The maximum absolute atomic E-state index is 5.81. The molecule has 17 heavy (non-hydrogen) atoms. The quantitative estimate of drug-likeness (QED) is 0.906. The third-order valence-electron chi connectivity index (χ3n) is 2.76. The molecule has 0 aliphatic rings. The van der Waals surface area contributed by atoms with E-state index in [1.54, 1.807) is 0 Å². The van der Waals surface area contributed by atoms with Crippen LogP contribution in [0.1, 0.15) is 30.9 Å². The van der Waals surface area contributed by atoms with Crippen LogP contribution >= 0.6 is 15.9 Å². The van der Waals surface area contributed by atoms with Gasteiger partial charge in [0.25, 0.3) is 0 Å². The first-order chi connectivity index (χ1) is 8.00. The van der Waals surface area contributed by atoms with Crippen LogP contribution in [0.25, 0.3) is 11.3 Å². The molecule has 2 rings (SSSR count). The lowest BCUT2D eigenvalue weighted by atomic mass is 9.98. The summed E-state index contributed by atoms with van der Waals surface area (Å²) in [5.41, 5.74) is 9.83. The third-order valence-corrected chi connectivity index (χ3v) is 3.65. The highest BCUT2D eigenvalue weighted by atomic mass is 79.9. The van der Waals surface area contributed by atoms with E-state index in [1.165, 1.54) is 5.56 Å². The van der Waals surface area contributed by atoms with Gasteiger partial charge in [-0.3, -0.25) is 0 Å². The molecule has 4 heteroatoms. The number of nitrogen functional groups attached to an aromatic ring is 1. The molecule has 0 unspecified atom stereocenters. The van der Waals surface area contributed by atoms with Gasteiger partial charge in [0, 0.05) is 15.6 Å². The number of aromatic nitrogens is 1. The van der Waals surface area contributed by atoms with Crippen LogP contribution in [-0.2, 0) is 0 Å². The highest BCUT2D eigenvalue weighted by Crippen LogP contribution is 2.34. The SMILES string of the molecule is Cc1cc(-c2noc(N)c2C(C)C)ccc1Br. The number of halogens is 1. The molecular weight excluding hydrogens is 280 g/mol. The van der Waals surface area contributed by atoms with Crippen LogP contribution < -0.4 is 5.73 Å². The Morgan fingerprint density at radius 1 is 1.35 bits per heavy atom. The fraction of sp³-hybridized carbons (Fsp3) is 0.308. The fourth-order valence-corrected chi connectivity index (χ4v) is 2.11. The molecule has 1 aromatic heterocycles. The van der Waals surface area contributed by atoms with Crippen LogP contribution in [0.3, 0.4) is 0 Å². The smallest absolute Gasteiger partial charge is 0.226 e. The van der Waals surface area contributed by atoms with Crippen LogP contribution in [0.4, 0.5) is 5.88 Å². The molecule has 0 amide bonds. The van der Waals surface area contributed by atoms with Crippen molar-refractivity contribution in [2.75, 3.05) is 5.73 Å². The Morgan fingerprint density at radius 3 is 2.65 bits per heavy atom. The predicted octanol–water partition coefficient (Wildman–Crippen LogP) is 4.12. The van der Waals surface area contributed by atoms with Gasteiger partial charge in [0.2, 0.25) is 5.88 Å². The van der Waals surface area contributed by atoms with Gasteiger partial charge in [-0.15, -0.1) is 0 Å². The molecule has 0 atom stereocenters. The summed E-state index contributed by atoms with van der Waals surface area (Å²) in [7, 11) is 0. The molecule has 0 radical (unpaired) electrons. The second kappa shape index (κ2) is 4.53. The van der Waals surface area contributed by atoms with Crippen LogP contribution in [0.2, 0.25) is 0 Å². The Balaban J connectivity index is 2.56. The summed E-state index contributed by atoms with van der Waals surface area (Å²) < 4.78 is 6.18. The van der Waals surface area contributed by atoms with E-state index in [2.05, 4.69) is 41.0 Å². The normalized spacial score (nSPS) is 11.1. The zero-order chi connectivity index (χ0) is 12.6. The van der Waals surface area contributed by atoms with Crippen molar-refractivity contribution in [2.24, 2.45) is 0 Å². The molecular formula is C13H15BrN2O. The summed E-state index contributed by atoms with van der Waals surface area (Å²) >= 11 is 3.49. The number of rotatable bonds is 2. The Kier molecular flexibility index (Phi) is 3.24. The third kappa shape index (κ3) is 2.22. The zero-order valence-corrected chi connectivity index (χ0v) is 11.7. The van der Waals surface area contributed by atoms with Gasteiger partial charge in [-0.05, 0) is 30.5 Å². The number of anilines is 1. The second-order valence-electron chi connectivity index (χ2n) is 4.43. The topological polar surface area (TPSA) is 52.0 Å². The van der Waals surface area contributed by atoms with Gasteiger partial charge in [-0.25, -0.2) is 0 Å². The van der Waals surface area contributed by atoms with Crippen molar-refractivity contribution in [1.29, 1.82) is 0 Å². The summed E-state index contributed by atoms with van der Waals surface area (Å²) in [6.07, 6.45) is 0. The standard InChI is InChI=1S/C13H15BrN2O/c1-7(2)11-12(16-17-13(11)15)9-4-5-10(14)8(3)6-9/h4-7H,15H2,1-3H3. The van der Waals surface area contributed by atoms with E-state index in [9.17, 15) is 0 Å². The first-order valence-electron chi connectivity index (χ1n) is 5.52. The fourth-order valence-electron chi connectivity index (χ4n) is 1.87. The number of benzene rings is 1. The van der Waals surface area contributed by atoms with E-state index in [1.807, 2.05) is 19.1 Å². The highest BCUT2D eigenvalue weighted by molar-refractivity contribution is 9.10. The van der Waals surface area contributed by atoms with Gasteiger partial charge in [0.1, 0.15) is 5.69 Å². The van der Waals surface area contributed by atoms with Gasteiger partial charge in [0.15, 0.2) is 0 Å². The number of nitrogens with two attached hydrogens (primary N) is 1. The van der Waals surface area contributed by atoms with Crippen molar-refractivity contribution in [1.82, 2.24) is 5.16 Å². The molecule has 0 aliphatic heterocycles. The van der Waals surface area contributed by atoms with E-state index < -0.39 is 0 Å². The summed E-state index contributed by atoms with van der Waals surface area (Å²) in [6.45, 7) is 6.21. The minimum atomic E-state index is 0.292. The largest absolute Gasteiger partial charge is 0.367 e. The lowest BCUT2D eigenvalue weighted by molar-refractivity contribution is 0.438. The zero-order valence-electron chi connectivity index (χ0n) is 10.1. The van der Waals surface area contributed by atoms with Crippen molar-refractivity contribution in [3.8, 4) is 11.3 Å². The van der Waals surface area contributed by atoms with Crippen molar-refractivity contribution in [3.05, 3.63) is 33.8 Å². The molecule has 1 heterocycles. The molecule has 3 nitrogen and oxygen atoms in total. The number of hydrogen-bond donors (Lipinski definition) is 1. The summed E-state index contributed by atoms with van der Waals surface area (Å²) in [5, 5.41) is 4.06. The van der Waals surface area contributed by atoms with E-state index in [0.29, 0.717) is 11.8 Å². The lowest BCUT2D eigenvalue weighted by Gasteiger charge is -2.06. The van der Waals surface area contributed by atoms with E-state index in [0.717, 1.165) is 21.3 Å². The van der Waals surface area contributed by atoms with Crippen LogP contribution in [0.5, 0.6) is 0 Å². The number of nitrogens with zero attached hydrogens (tertiary/aromatic N) is 1. The van der Waals surface area contributed by atoms with Gasteiger partial charge in [-0.1, -0.05) is 41.0 Å². The molecule has 0 aliphatic carbocycles. The molecule has 90 valence electrons. The van der Waals surface area contributed by atoms with Gasteiger partial charge >= 0.3 is 0 Å². The van der Waals surface area contributed by atoms with Crippen molar-refractivity contribution in [2.45, 2.75) is 26.7 Å². The molecule has 0 bridgehead atoms. The molecule has 2 N–H and O–H groups in total. The van der Waals surface area contributed by atoms with Crippen molar-refractivity contribution >= 4 is 21.8 Å². The predicted molar refractivity (Wildman–Crippen MR) is 72.9 cm³/mol. The van der Waals surface area contributed by atoms with Crippen molar-refractivity contribution in [3.63, 3.8) is 0 Å². The maximum Gasteiger partial charge on any atom is 0.226 e. The monoisotopic (exact) mass is 294 g/mol. The van der Waals surface area contributed by atoms with Gasteiger partial charge in [-0.2, -0.15) is 0 Å². The van der Waals surface area contributed by atoms with E-state index in [4.69, 9.17) is 10.3 Å². The molecule has 2 aromatic rings. The minimum absolute atomic E-state index is 0.292. The van der Waals surface area contributed by atoms with E-state index >= 15 is 0 Å². The highest BCUT2D eigenvalue weighted by Gasteiger charge is 2.18. The first kappa shape index (κ1) is 12.2. The lowest BCUT2D eigenvalue weighted by Crippen LogP contribution is -1.94. The average molecular weight is 295 g/mol. The summed E-state index contributed by atoms with van der Waals surface area (Å²) in [6, 6.07) is 6.10. The molecule has 0 saturated heterocycles.